The van der Waals surface area contributed by atoms with Gasteiger partial charge in [0.2, 0.25) is 9.84 Å². The summed E-state index contributed by atoms with van der Waals surface area (Å²) in [5.74, 6) is 0. The van der Waals surface area contributed by atoms with Gasteiger partial charge in [-0.3, -0.25) is 0 Å². The van der Waals surface area contributed by atoms with E-state index in [1.54, 1.807) is 12.1 Å². The minimum absolute atomic E-state index is 0.0253. The fourth-order valence-corrected chi connectivity index (χ4v) is 6.04. The van der Waals surface area contributed by atoms with Gasteiger partial charge in [0.15, 0.2) is 9.84 Å². The summed E-state index contributed by atoms with van der Waals surface area (Å²) in [6.45, 7) is 1.95. The van der Waals surface area contributed by atoms with Crippen molar-refractivity contribution in [2.75, 3.05) is 6.26 Å². The molecule has 21 heavy (non-hydrogen) atoms. The van der Waals surface area contributed by atoms with Crippen molar-refractivity contribution >= 4 is 46.9 Å². The Morgan fingerprint density at radius 2 is 1.67 bits per heavy atom. The number of thiophene rings is 1. The molecule has 0 bridgehead atoms. The van der Waals surface area contributed by atoms with E-state index in [0.29, 0.717) is 4.47 Å². The molecule has 4 nitrogen and oxygen atoms in total. The maximum atomic E-state index is 12.6. The number of hydrogen-bond acceptors (Lipinski definition) is 5. The summed E-state index contributed by atoms with van der Waals surface area (Å²) in [5.41, 5.74) is 0. The van der Waals surface area contributed by atoms with Crippen LogP contribution in [0.25, 0.3) is 0 Å². The minimum Gasteiger partial charge on any atom is -0.224 e. The molecule has 0 aliphatic heterocycles. The van der Waals surface area contributed by atoms with E-state index in [4.69, 9.17) is 0 Å². The van der Waals surface area contributed by atoms with Gasteiger partial charge in [0.25, 0.3) is 0 Å². The van der Waals surface area contributed by atoms with Crippen molar-refractivity contribution in [3.8, 4) is 0 Å². The molecule has 0 spiro atoms. The first kappa shape index (κ1) is 16.7. The zero-order valence-electron chi connectivity index (χ0n) is 11.3. The predicted molar refractivity (Wildman–Crippen MR) is 86.4 cm³/mol. The highest BCUT2D eigenvalue weighted by atomic mass is 79.9. The fourth-order valence-electron chi connectivity index (χ4n) is 1.72. The molecule has 0 N–H and O–H groups in total. The summed E-state index contributed by atoms with van der Waals surface area (Å²) in [5, 5.41) is 0. The Balaban J connectivity index is 2.62. The van der Waals surface area contributed by atoms with Crippen LogP contribution in [-0.4, -0.2) is 23.1 Å². The number of rotatable bonds is 4. The van der Waals surface area contributed by atoms with Crippen LogP contribution in [0.4, 0.5) is 0 Å². The Hall–Kier alpha value is -0.700. The summed E-state index contributed by atoms with van der Waals surface area (Å²) in [4.78, 5) is 0.913. The molecule has 1 aromatic carbocycles. The van der Waals surface area contributed by atoms with Gasteiger partial charge >= 0.3 is 0 Å². The third-order valence-corrected chi connectivity index (χ3v) is 7.84. The van der Waals surface area contributed by atoms with Crippen LogP contribution in [0.1, 0.15) is 11.8 Å². The normalized spacial score (nSPS) is 12.5. The SMILES string of the molecule is CCc1ccc(S(=O)(=O)c2cc(Br)cc(S(C)(=O)=O)c2)s1. The van der Waals surface area contributed by atoms with E-state index < -0.39 is 19.7 Å². The van der Waals surface area contributed by atoms with E-state index in [2.05, 4.69) is 15.9 Å². The first-order chi connectivity index (χ1) is 9.64. The van der Waals surface area contributed by atoms with Crippen molar-refractivity contribution in [3.63, 3.8) is 0 Å². The van der Waals surface area contributed by atoms with Gasteiger partial charge in [0.05, 0.1) is 9.79 Å². The Labute approximate surface area is 136 Å². The monoisotopic (exact) mass is 408 g/mol. The lowest BCUT2D eigenvalue weighted by atomic mass is 10.4. The zero-order valence-corrected chi connectivity index (χ0v) is 15.4. The zero-order chi connectivity index (χ0) is 15.8. The van der Waals surface area contributed by atoms with Gasteiger partial charge in [-0.15, -0.1) is 11.3 Å². The third kappa shape index (κ3) is 3.56. The lowest BCUT2D eigenvalue weighted by Crippen LogP contribution is -2.03. The minimum atomic E-state index is -3.71. The van der Waals surface area contributed by atoms with Gasteiger partial charge < -0.3 is 0 Å². The highest BCUT2D eigenvalue weighted by Crippen LogP contribution is 2.31. The topological polar surface area (TPSA) is 68.3 Å². The summed E-state index contributed by atoms with van der Waals surface area (Å²) in [6.07, 6.45) is 1.80. The predicted octanol–water partition coefficient (Wildman–Crippen LogP) is 3.31. The molecule has 0 aliphatic rings. The molecule has 1 heterocycles. The van der Waals surface area contributed by atoms with Crippen LogP contribution in [0.3, 0.4) is 0 Å². The molecule has 0 radical (unpaired) electrons. The molecule has 0 saturated heterocycles. The summed E-state index contributed by atoms with van der Waals surface area (Å²) < 4.78 is 49.1. The van der Waals surface area contributed by atoms with Crippen molar-refractivity contribution in [1.82, 2.24) is 0 Å². The van der Waals surface area contributed by atoms with Gasteiger partial charge in [-0.2, -0.15) is 0 Å². The van der Waals surface area contributed by atoms with Crippen molar-refractivity contribution < 1.29 is 16.8 Å². The Kier molecular flexibility index (Phi) is 4.63. The molecule has 114 valence electrons. The van der Waals surface area contributed by atoms with Gasteiger partial charge in [0.1, 0.15) is 4.21 Å². The van der Waals surface area contributed by atoms with E-state index in [9.17, 15) is 16.8 Å². The molecule has 0 amide bonds. The van der Waals surface area contributed by atoms with Gasteiger partial charge in [-0.1, -0.05) is 22.9 Å². The molecule has 0 saturated carbocycles. The molecule has 2 aromatic rings. The second-order valence-electron chi connectivity index (χ2n) is 4.47. The summed E-state index contributed by atoms with van der Waals surface area (Å²) in [6, 6.07) is 7.32. The molecule has 1 aromatic heterocycles. The molecule has 0 unspecified atom stereocenters. The van der Waals surface area contributed by atoms with Crippen LogP contribution < -0.4 is 0 Å². The highest BCUT2D eigenvalue weighted by molar-refractivity contribution is 9.10. The molecular weight excluding hydrogens is 396 g/mol. The van der Waals surface area contributed by atoms with Crippen LogP contribution in [0.2, 0.25) is 0 Å². The smallest absolute Gasteiger partial charge is 0.216 e. The van der Waals surface area contributed by atoms with Gasteiger partial charge in [-0.05, 0) is 36.8 Å². The average Bonchev–Trinajstić information content (AvgIpc) is 2.86. The molecule has 0 aliphatic carbocycles. The molecule has 8 heteroatoms. The second kappa shape index (κ2) is 5.83. The lowest BCUT2D eigenvalue weighted by molar-refractivity contribution is 0.597. The van der Waals surface area contributed by atoms with Crippen molar-refractivity contribution in [2.45, 2.75) is 27.3 Å². The number of aryl methyl sites for hydroxylation is 1. The van der Waals surface area contributed by atoms with Crippen LogP contribution in [0, 0.1) is 0 Å². The lowest BCUT2D eigenvalue weighted by Gasteiger charge is -2.06. The van der Waals surface area contributed by atoms with Crippen molar-refractivity contribution in [3.05, 3.63) is 39.7 Å². The van der Waals surface area contributed by atoms with Crippen LogP contribution in [0.15, 0.2) is 48.8 Å². The van der Waals surface area contributed by atoms with E-state index in [0.717, 1.165) is 17.6 Å². The third-order valence-electron chi connectivity index (χ3n) is 2.83. The highest BCUT2D eigenvalue weighted by Gasteiger charge is 2.22. The number of halogens is 1. The van der Waals surface area contributed by atoms with Crippen molar-refractivity contribution in [2.24, 2.45) is 0 Å². The number of hydrogen-bond donors (Lipinski definition) is 0. The molecule has 0 fully saturated rings. The molecular formula is C13H13BrO4S3. The quantitative estimate of drug-likeness (QED) is 0.777. The molecule has 2 rings (SSSR count). The van der Waals surface area contributed by atoms with E-state index >= 15 is 0 Å². The Morgan fingerprint density at radius 3 is 2.19 bits per heavy atom. The first-order valence-corrected chi connectivity index (χ1v) is 11.0. The standard InChI is InChI=1S/C13H13BrO4S3/c1-3-10-4-5-13(19-10)21(17,18)12-7-9(14)6-11(8-12)20(2,15)16/h4-8H,3H2,1-2H3. The second-order valence-corrected chi connectivity index (χ2v) is 10.7. The maximum absolute atomic E-state index is 12.6. The summed E-state index contributed by atoms with van der Waals surface area (Å²) >= 11 is 4.37. The Bertz CT molecular complexity index is 880. The van der Waals surface area contributed by atoms with E-state index in [-0.39, 0.29) is 14.0 Å². The van der Waals surface area contributed by atoms with Crippen LogP contribution in [-0.2, 0) is 26.1 Å². The largest absolute Gasteiger partial charge is 0.224 e. The van der Waals surface area contributed by atoms with E-state index in [1.807, 2.05) is 6.92 Å². The van der Waals surface area contributed by atoms with E-state index in [1.165, 1.54) is 29.5 Å². The fraction of sp³-hybridized carbons (Fsp3) is 0.231. The molecule has 0 atom stereocenters. The van der Waals surface area contributed by atoms with Crippen LogP contribution in [0.5, 0.6) is 0 Å². The van der Waals surface area contributed by atoms with Gasteiger partial charge in [-0.25, -0.2) is 16.8 Å². The Morgan fingerprint density at radius 1 is 1.05 bits per heavy atom. The number of sulfone groups is 2. The van der Waals surface area contributed by atoms with Crippen LogP contribution >= 0.6 is 27.3 Å². The first-order valence-electron chi connectivity index (χ1n) is 5.99. The summed E-state index contributed by atoms with van der Waals surface area (Å²) in [7, 11) is -7.19. The average molecular weight is 409 g/mol. The number of benzene rings is 1. The van der Waals surface area contributed by atoms with Gasteiger partial charge in [0, 0.05) is 15.6 Å². The van der Waals surface area contributed by atoms with Crippen molar-refractivity contribution in [1.29, 1.82) is 0 Å². The maximum Gasteiger partial charge on any atom is 0.216 e.